The van der Waals surface area contributed by atoms with Gasteiger partial charge in [0.25, 0.3) is 0 Å². The van der Waals surface area contributed by atoms with E-state index in [1.807, 2.05) is 0 Å². The normalized spacial score (nSPS) is 6.17. The molecule has 0 aromatic carbocycles. The Labute approximate surface area is 58.8 Å². The van der Waals surface area contributed by atoms with Crippen molar-refractivity contribution < 1.29 is 9.90 Å². The summed E-state index contributed by atoms with van der Waals surface area (Å²) in [5.41, 5.74) is 0. The molecular formula is C3H7NaO2. The van der Waals surface area contributed by atoms with Crippen LogP contribution in [0.2, 0.25) is 0 Å². The molecule has 0 amide bonds. The number of hydrogen-bond donors (Lipinski definition) is 1. The first-order valence-electron chi connectivity index (χ1n) is 1.49. The zero-order valence-corrected chi connectivity index (χ0v) is 3.06. The maximum absolute atomic E-state index is 9.37. The first-order valence-corrected chi connectivity index (χ1v) is 1.49. The van der Waals surface area contributed by atoms with Crippen molar-refractivity contribution >= 4 is 35.5 Å². The van der Waals surface area contributed by atoms with E-state index in [4.69, 9.17) is 5.11 Å². The van der Waals surface area contributed by atoms with Gasteiger partial charge in [-0.15, -0.1) is 0 Å². The standard InChI is InChI=1S/C3H6O2.Na.H/c1-2-3(4)5;;/h2H2,1H3,(H,4,5);;. The van der Waals surface area contributed by atoms with Gasteiger partial charge in [0.05, 0.1) is 0 Å². The third kappa shape index (κ3) is 8.82. The first-order chi connectivity index (χ1) is 2.27. The molecule has 0 unspecified atom stereocenters. The molecule has 0 fully saturated rings. The third-order valence-corrected chi connectivity index (χ3v) is 0.302. The zero-order chi connectivity index (χ0) is 4.28. The van der Waals surface area contributed by atoms with Gasteiger partial charge in [0.15, 0.2) is 0 Å². The predicted molar refractivity (Wildman–Crippen MR) is 25.1 cm³/mol. The Kier molecular flexibility index (Phi) is 8.83. The number of aliphatic carboxylic acids is 1. The van der Waals surface area contributed by atoms with Crippen LogP contribution in [-0.4, -0.2) is 40.6 Å². The molecule has 0 spiro atoms. The van der Waals surface area contributed by atoms with Gasteiger partial charge in [-0.25, -0.2) is 0 Å². The van der Waals surface area contributed by atoms with Gasteiger partial charge in [-0.05, 0) is 0 Å². The molecule has 0 radical (unpaired) electrons. The Morgan fingerprint density at radius 1 is 1.83 bits per heavy atom. The van der Waals surface area contributed by atoms with E-state index in [0.29, 0.717) is 0 Å². The summed E-state index contributed by atoms with van der Waals surface area (Å²) in [6.07, 6.45) is 0.222. The average molecular weight is 98.1 g/mol. The molecule has 0 aromatic rings. The number of carboxylic acid groups (broad SMARTS) is 1. The monoisotopic (exact) mass is 98.0 g/mol. The molecule has 0 saturated carbocycles. The molecule has 0 heterocycles. The molecule has 32 valence electrons. The number of hydrogen-bond acceptors (Lipinski definition) is 1. The van der Waals surface area contributed by atoms with Crippen LogP contribution in [0, 0.1) is 0 Å². The van der Waals surface area contributed by atoms with Crippen LogP contribution < -0.4 is 0 Å². The Morgan fingerprint density at radius 3 is 2.00 bits per heavy atom. The topological polar surface area (TPSA) is 37.3 Å². The zero-order valence-electron chi connectivity index (χ0n) is 3.06. The van der Waals surface area contributed by atoms with Crippen LogP contribution in [0.5, 0.6) is 0 Å². The van der Waals surface area contributed by atoms with Gasteiger partial charge in [0, 0.05) is 6.42 Å². The van der Waals surface area contributed by atoms with Crippen LogP contribution in [-0.2, 0) is 4.79 Å². The fourth-order valence-corrected chi connectivity index (χ4v) is 0. The summed E-state index contributed by atoms with van der Waals surface area (Å²) in [5.74, 6) is -0.745. The van der Waals surface area contributed by atoms with E-state index >= 15 is 0 Å². The minimum absolute atomic E-state index is 0. The fourth-order valence-electron chi connectivity index (χ4n) is 0. The molecular weight excluding hydrogens is 91.0 g/mol. The SMILES string of the molecule is CCC(=O)O.[NaH]. The summed E-state index contributed by atoms with van der Waals surface area (Å²) < 4.78 is 0. The molecule has 3 heteroatoms. The van der Waals surface area contributed by atoms with Crippen LogP contribution in [0.4, 0.5) is 0 Å². The number of rotatable bonds is 1. The Hall–Kier alpha value is 0.470. The molecule has 0 bridgehead atoms. The molecule has 0 saturated heterocycles. The second kappa shape index (κ2) is 5.47. The Bertz CT molecular complexity index is 44.1. The summed E-state index contributed by atoms with van der Waals surface area (Å²) in [6, 6.07) is 0. The Balaban J connectivity index is 0. The van der Waals surface area contributed by atoms with Crippen molar-refractivity contribution in [2.24, 2.45) is 0 Å². The van der Waals surface area contributed by atoms with Crippen LogP contribution >= 0.6 is 0 Å². The molecule has 0 aliphatic carbocycles. The molecule has 0 aromatic heterocycles. The van der Waals surface area contributed by atoms with E-state index in [1.54, 1.807) is 6.92 Å². The van der Waals surface area contributed by atoms with E-state index in [2.05, 4.69) is 0 Å². The molecule has 6 heavy (non-hydrogen) atoms. The van der Waals surface area contributed by atoms with Gasteiger partial charge in [0.2, 0.25) is 0 Å². The number of carboxylic acids is 1. The summed E-state index contributed by atoms with van der Waals surface area (Å²) in [6.45, 7) is 1.60. The molecule has 1 N–H and O–H groups in total. The van der Waals surface area contributed by atoms with Crippen molar-refractivity contribution in [3.63, 3.8) is 0 Å². The van der Waals surface area contributed by atoms with Crippen LogP contribution in [0.3, 0.4) is 0 Å². The van der Waals surface area contributed by atoms with Crippen LogP contribution in [0.1, 0.15) is 13.3 Å². The van der Waals surface area contributed by atoms with Crippen molar-refractivity contribution in [1.29, 1.82) is 0 Å². The van der Waals surface area contributed by atoms with Crippen LogP contribution in [0.15, 0.2) is 0 Å². The van der Waals surface area contributed by atoms with Crippen molar-refractivity contribution in [3.8, 4) is 0 Å². The van der Waals surface area contributed by atoms with Gasteiger partial charge < -0.3 is 5.11 Å². The van der Waals surface area contributed by atoms with Gasteiger partial charge in [0.1, 0.15) is 0 Å². The summed E-state index contributed by atoms with van der Waals surface area (Å²) in [5, 5.41) is 7.72. The van der Waals surface area contributed by atoms with E-state index in [0.717, 1.165) is 0 Å². The summed E-state index contributed by atoms with van der Waals surface area (Å²) in [7, 11) is 0. The average Bonchev–Trinajstić information content (AvgIpc) is 1.38. The summed E-state index contributed by atoms with van der Waals surface area (Å²) >= 11 is 0. The fraction of sp³-hybridized carbons (Fsp3) is 0.667. The first kappa shape index (κ1) is 9.69. The van der Waals surface area contributed by atoms with Crippen LogP contribution in [0.25, 0.3) is 0 Å². The second-order valence-electron chi connectivity index (χ2n) is 0.747. The van der Waals surface area contributed by atoms with E-state index in [-0.39, 0.29) is 36.0 Å². The van der Waals surface area contributed by atoms with E-state index in [1.165, 1.54) is 0 Å². The maximum atomic E-state index is 9.37. The summed E-state index contributed by atoms with van der Waals surface area (Å²) in [4.78, 5) is 9.37. The number of carbonyl (C=O) groups is 1. The van der Waals surface area contributed by atoms with Crippen molar-refractivity contribution in [2.45, 2.75) is 13.3 Å². The van der Waals surface area contributed by atoms with Crippen molar-refractivity contribution in [3.05, 3.63) is 0 Å². The van der Waals surface area contributed by atoms with E-state index < -0.39 is 5.97 Å². The van der Waals surface area contributed by atoms with Crippen molar-refractivity contribution in [1.82, 2.24) is 0 Å². The molecule has 0 aliphatic rings. The van der Waals surface area contributed by atoms with Gasteiger partial charge >= 0.3 is 35.5 Å². The quantitative estimate of drug-likeness (QED) is 0.462. The molecule has 2 nitrogen and oxygen atoms in total. The second-order valence-corrected chi connectivity index (χ2v) is 0.747. The molecule has 0 rings (SSSR count). The van der Waals surface area contributed by atoms with Gasteiger partial charge in [-0.2, -0.15) is 0 Å². The Morgan fingerprint density at radius 2 is 2.00 bits per heavy atom. The van der Waals surface area contributed by atoms with Gasteiger partial charge in [-0.3, -0.25) is 4.79 Å². The van der Waals surface area contributed by atoms with Crippen molar-refractivity contribution in [2.75, 3.05) is 0 Å². The van der Waals surface area contributed by atoms with E-state index in [9.17, 15) is 4.79 Å². The predicted octanol–water partition coefficient (Wildman–Crippen LogP) is -0.167. The third-order valence-electron chi connectivity index (χ3n) is 0.302. The van der Waals surface area contributed by atoms with Gasteiger partial charge in [-0.1, -0.05) is 6.92 Å². The molecule has 0 aliphatic heterocycles. The minimum atomic E-state index is -0.745. The molecule has 0 atom stereocenters.